The summed E-state index contributed by atoms with van der Waals surface area (Å²) >= 11 is 0. The van der Waals surface area contributed by atoms with Crippen molar-refractivity contribution in [3.8, 4) is 16.9 Å². The van der Waals surface area contributed by atoms with E-state index in [9.17, 15) is 18.0 Å². The van der Waals surface area contributed by atoms with Crippen molar-refractivity contribution in [2.24, 2.45) is 0 Å². The van der Waals surface area contributed by atoms with E-state index in [0.717, 1.165) is 39.9 Å². The molecule has 0 aliphatic heterocycles. The molecular formula is C26H25F3O3. The number of carbonyl (C=O) groups excluding carboxylic acids is 1. The Bertz CT molecular complexity index is 1130. The summed E-state index contributed by atoms with van der Waals surface area (Å²) in [4.78, 5) is 11.5. The predicted molar refractivity (Wildman–Crippen MR) is 117 cm³/mol. The van der Waals surface area contributed by atoms with Gasteiger partial charge >= 0.3 is 5.97 Å². The van der Waals surface area contributed by atoms with Gasteiger partial charge in [0.1, 0.15) is 11.6 Å². The fraction of sp³-hybridized carbons (Fsp3) is 0.269. The first-order chi connectivity index (χ1) is 15.3. The molecule has 0 aromatic heterocycles. The molecular weight excluding hydrogens is 417 g/mol. The lowest BCUT2D eigenvalue weighted by atomic mass is 9.92. The molecule has 3 nitrogen and oxygen atoms in total. The fourth-order valence-corrected chi connectivity index (χ4v) is 3.54. The highest BCUT2D eigenvalue weighted by atomic mass is 19.1. The normalized spacial score (nSPS) is 10.8. The Morgan fingerprint density at radius 2 is 1.72 bits per heavy atom. The molecule has 0 heterocycles. The molecule has 0 aliphatic carbocycles. The molecule has 3 rings (SSSR count). The van der Waals surface area contributed by atoms with Crippen LogP contribution in [0.25, 0.3) is 11.1 Å². The van der Waals surface area contributed by atoms with Gasteiger partial charge in [-0.25, -0.2) is 18.0 Å². The van der Waals surface area contributed by atoms with E-state index in [4.69, 9.17) is 9.47 Å². The number of hydrogen-bond acceptors (Lipinski definition) is 3. The van der Waals surface area contributed by atoms with E-state index in [1.165, 1.54) is 12.1 Å². The van der Waals surface area contributed by atoms with Gasteiger partial charge in [0, 0.05) is 5.56 Å². The average Bonchev–Trinajstić information content (AvgIpc) is 2.76. The second-order valence-corrected chi connectivity index (χ2v) is 7.52. The first-order valence-electron chi connectivity index (χ1n) is 10.4. The Balaban J connectivity index is 1.83. The minimum absolute atomic E-state index is 0.0984. The lowest BCUT2D eigenvalue weighted by molar-refractivity contribution is -0.145. The smallest absolute Gasteiger partial charge is 0.344 e. The van der Waals surface area contributed by atoms with Crippen LogP contribution in [0.2, 0.25) is 0 Å². The summed E-state index contributed by atoms with van der Waals surface area (Å²) in [5.74, 6) is -2.66. The van der Waals surface area contributed by atoms with Crippen LogP contribution >= 0.6 is 0 Å². The minimum atomic E-state index is -0.829. The highest BCUT2D eigenvalue weighted by Crippen LogP contribution is 2.29. The van der Waals surface area contributed by atoms with Gasteiger partial charge in [-0.2, -0.15) is 0 Å². The molecule has 3 aromatic carbocycles. The number of hydrogen-bond donors (Lipinski definition) is 0. The number of carbonyl (C=O) groups is 1. The monoisotopic (exact) mass is 442 g/mol. The molecule has 6 heteroatoms. The third-order valence-electron chi connectivity index (χ3n) is 5.38. The maximum Gasteiger partial charge on any atom is 0.344 e. The largest absolute Gasteiger partial charge is 0.479 e. The Hall–Kier alpha value is -3.28. The van der Waals surface area contributed by atoms with Crippen LogP contribution in [0.15, 0.2) is 48.5 Å². The second kappa shape index (κ2) is 10.4. The molecule has 0 fully saturated rings. The fourth-order valence-electron chi connectivity index (χ4n) is 3.54. The van der Waals surface area contributed by atoms with Crippen molar-refractivity contribution < 1.29 is 27.4 Å². The predicted octanol–water partition coefficient (Wildman–Crippen LogP) is 6.11. The van der Waals surface area contributed by atoms with E-state index >= 15 is 0 Å². The van der Waals surface area contributed by atoms with Gasteiger partial charge in [0.15, 0.2) is 18.2 Å². The van der Waals surface area contributed by atoms with E-state index in [1.54, 1.807) is 13.0 Å². The average molecular weight is 442 g/mol. The van der Waals surface area contributed by atoms with E-state index in [1.807, 2.05) is 32.0 Å². The number of benzene rings is 3. The highest BCUT2D eigenvalue weighted by Gasteiger charge is 2.17. The number of halogens is 3. The van der Waals surface area contributed by atoms with Crippen molar-refractivity contribution in [3.05, 3.63) is 88.2 Å². The molecule has 0 bridgehead atoms. The molecule has 0 saturated heterocycles. The summed E-state index contributed by atoms with van der Waals surface area (Å²) in [6.45, 7) is 5.29. The summed E-state index contributed by atoms with van der Waals surface area (Å²) in [6, 6.07) is 12.5. The molecule has 0 radical (unpaired) electrons. The molecule has 0 unspecified atom stereocenters. The number of rotatable bonds is 8. The zero-order chi connectivity index (χ0) is 23.3. The van der Waals surface area contributed by atoms with Crippen molar-refractivity contribution in [2.75, 3.05) is 13.2 Å². The van der Waals surface area contributed by atoms with Gasteiger partial charge in [-0.3, -0.25) is 0 Å². The van der Waals surface area contributed by atoms with Crippen molar-refractivity contribution >= 4 is 5.97 Å². The van der Waals surface area contributed by atoms with Crippen molar-refractivity contribution in [1.29, 1.82) is 0 Å². The number of ether oxygens (including phenoxy) is 2. The number of esters is 1. The van der Waals surface area contributed by atoms with Crippen LogP contribution in [-0.4, -0.2) is 19.2 Å². The quantitative estimate of drug-likeness (QED) is 0.395. The topological polar surface area (TPSA) is 35.5 Å². The Kier molecular flexibility index (Phi) is 7.57. The van der Waals surface area contributed by atoms with E-state index in [-0.39, 0.29) is 30.2 Å². The van der Waals surface area contributed by atoms with Crippen LogP contribution in [0.3, 0.4) is 0 Å². The molecule has 168 valence electrons. The number of aryl methyl sites for hydroxylation is 2. The standard InChI is InChI=1S/C26H25F3O3/c1-4-31-25(30)15-32-24-11-10-23(28)22(26(24)29)9-8-18-13-20(12-16(2)17(18)3)19-6-5-7-21(27)14-19/h5-7,10-14H,4,8-9,15H2,1-3H3. The lowest BCUT2D eigenvalue weighted by Gasteiger charge is -2.14. The minimum Gasteiger partial charge on any atom is -0.479 e. The summed E-state index contributed by atoms with van der Waals surface area (Å²) in [6.07, 6.45) is 0.478. The molecule has 0 saturated carbocycles. The van der Waals surface area contributed by atoms with Gasteiger partial charge in [-0.15, -0.1) is 0 Å². The van der Waals surface area contributed by atoms with Crippen LogP contribution in [0.5, 0.6) is 5.75 Å². The van der Waals surface area contributed by atoms with E-state index in [2.05, 4.69) is 0 Å². The zero-order valence-corrected chi connectivity index (χ0v) is 18.3. The first-order valence-corrected chi connectivity index (χ1v) is 10.4. The summed E-state index contributed by atoms with van der Waals surface area (Å²) < 4.78 is 52.9. The molecule has 0 N–H and O–H groups in total. The molecule has 0 amide bonds. The van der Waals surface area contributed by atoms with Crippen molar-refractivity contribution in [3.63, 3.8) is 0 Å². The van der Waals surface area contributed by atoms with Crippen LogP contribution in [0.4, 0.5) is 13.2 Å². The molecule has 3 aromatic rings. The van der Waals surface area contributed by atoms with Gasteiger partial charge in [-0.05, 0) is 85.7 Å². The van der Waals surface area contributed by atoms with Gasteiger partial charge in [0.05, 0.1) is 6.61 Å². The molecule has 0 atom stereocenters. The molecule has 0 spiro atoms. The van der Waals surface area contributed by atoms with E-state index < -0.39 is 24.2 Å². The van der Waals surface area contributed by atoms with Crippen LogP contribution in [0.1, 0.15) is 29.2 Å². The summed E-state index contributed by atoms with van der Waals surface area (Å²) in [7, 11) is 0. The van der Waals surface area contributed by atoms with Crippen molar-refractivity contribution in [2.45, 2.75) is 33.6 Å². The Labute approximate surface area is 185 Å². The Morgan fingerprint density at radius 3 is 2.44 bits per heavy atom. The van der Waals surface area contributed by atoms with Gasteiger partial charge in [0.2, 0.25) is 0 Å². The van der Waals surface area contributed by atoms with E-state index in [0.29, 0.717) is 6.42 Å². The summed E-state index contributed by atoms with van der Waals surface area (Å²) in [5, 5.41) is 0. The summed E-state index contributed by atoms with van der Waals surface area (Å²) in [5.41, 5.74) is 4.41. The Morgan fingerprint density at radius 1 is 0.938 bits per heavy atom. The third-order valence-corrected chi connectivity index (χ3v) is 5.38. The second-order valence-electron chi connectivity index (χ2n) is 7.52. The van der Waals surface area contributed by atoms with Crippen molar-refractivity contribution in [1.82, 2.24) is 0 Å². The third kappa shape index (κ3) is 5.49. The van der Waals surface area contributed by atoms with Crippen LogP contribution in [-0.2, 0) is 22.4 Å². The maximum absolute atomic E-state index is 14.9. The zero-order valence-electron chi connectivity index (χ0n) is 18.3. The highest BCUT2D eigenvalue weighted by molar-refractivity contribution is 5.71. The van der Waals surface area contributed by atoms with Gasteiger partial charge in [-0.1, -0.05) is 24.3 Å². The molecule has 0 aliphatic rings. The lowest BCUT2D eigenvalue weighted by Crippen LogP contribution is -2.15. The maximum atomic E-state index is 14.9. The SMILES string of the molecule is CCOC(=O)COc1ccc(F)c(CCc2cc(-c3cccc(F)c3)cc(C)c2C)c1F. The van der Waals surface area contributed by atoms with Gasteiger partial charge < -0.3 is 9.47 Å². The molecule has 32 heavy (non-hydrogen) atoms. The van der Waals surface area contributed by atoms with Crippen LogP contribution < -0.4 is 4.74 Å². The van der Waals surface area contributed by atoms with Crippen LogP contribution in [0, 0.1) is 31.3 Å². The van der Waals surface area contributed by atoms with Gasteiger partial charge in [0.25, 0.3) is 0 Å². The first kappa shape index (κ1) is 23.4.